The first kappa shape index (κ1) is 30.1. The quantitative estimate of drug-likeness (QED) is 0.366. The first-order chi connectivity index (χ1) is 18.4. The van der Waals surface area contributed by atoms with Crippen molar-refractivity contribution in [3.63, 3.8) is 0 Å². The summed E-state index contributed by atoms with van der Waals surface area (Å²) in [5, 5.41) is 15.3. The van der Waals surface area contributed by atoms with Crippen LogP contribution in [0.3, 0.4) is 0 Å². The van der Waals surface area contributed by atoms with Crippen molar-refractivity contribution in [3.05, 3.63) is 28.5 Å². The summed E-state index contributed by atoms with van der Waals surface area (Å²) in [6.07, 6.45) is -2.58. The van der Waals surface area contributed by atoms with Gasteiger partial charge >= 0.3 is 6.18 Å². The molecule has 14 heteroatoms. The van der Waals surface area contributed by atoms with Gasteiger partial charge in [-0.25, -0.2) is 18.7 Å². The molecule has 1 aliphatic heterocycles. The number of hydrogen-bond acceptors (Lipinski definition) is 7. The van der Waals surface area contributed by atoms with E-state index in [4.69, 9.17) is 0 Å². The van der Waals surface area contributed by atoms with Gasteiger partial charge in [0, 0.05) is 30.3 Å². The van der Waals surface area contributed by atoms with Gasteiger partial charge in [0.15, 0.2) is 5.01 Å². The topological polar surface area (TPSA) is 107 Å². The van der Waals surface area contributed by atoms with Gasteiger partial charge in [0.2, 0.25) is 0 Å². The van der Waals surface area contributed by atoms with Crippen molar-refractivity contribution < 1.29 is 36.6 Å². The highest BCUT2D eigenvalue weighted by Gasteiger charge is 2.47. The number of alkyl halides is 5. The summed E-state index contributed by atoms with van der Waals surface area (Å²) in [6.45, 7) is 6.77. The lowest BCUT2D eigenvalue weighted by Crippen LogP contribution is -2.47. The van der Waals surface area contributed by atoms with Gasteiger partial charge in [-0.3, -0.25) is 9.59 Å². The number of anilines is 1. The molecule has 0 aromatic carbocycles. The minimum Gasteiger partial charge on any atom is -0.388 e. The Morgan fingerprint density at radius 2 is 1.88 bits per heavy atom. The van der Waals surface area contributed by atoms with E-state index in [0.29, 0.717) is 17.3 Å². The van der Waals surface area contributed by atoms with Gasteiger partial charge in [-0.15, -0.1) is 11.3 Å². The maximum atomic E-state index is 14.3. The average Bonchev–Trinajstić information content (AvgIpc) is 3.52. The van der Waals surface area contributed by atoms with Crippen LogP contribution in [0.2, 0.25) is 0 Å². The molecule has 1 aliphatic carbocycles. The van der Waals surface area contributed by atoms with Crippen molar-refractivity contribution in [2.75, 3.05) is 11.9 Å². The summed E-state index contributed by atoms with van der Waals surface area (Å²) in [7, 11) is 0. The van der Waals surface area contributed by atoms with Crippen molar-refractivity contribution in [2.45, 2.75) is 89.7 Å². The van der Waals surface area contributed by atoms with Crippen LogP contribution in [0, 0.1) is 5.92 Å². The van der Waals surface area contributed by atoms with Gasteiger partial charge in [-0.2, -0.15) is 13.2 Å². The summed E-state index contributed by atoms with van der Waals surface area (Å²) in [5.74, 6) is -4.68. The standard InChI is InChI=1S/C26H32F5N5O3S/c1-12-9-25(27,28)11-36(12)23(38)19-20(40-22(35-19)21(37)34-14(3)24(4,5)39)16-10-32-18(8-17(16)26(29,30)31)33-13(2)15-6-7-15/h8,10,12-15,39H,6-7,9,11H2,1-5H3,(H,32,33)(H,34,37)/t12-,13?,14?/m0/s1. The van der Waals surface area contributed by atoms with Crippen LogP contribution in [0.1, 0.15) is 79.7 Å². The molecule has 2 fully saturated rings. The maximum absolute atomic E-state index is 14.3. The van der Waals surface area contributed by atoms with E-state index in [1.54, 1.807) is 0 Å². The predicted octanol–water partition coefficient (Wildman–Crippen LogP) is 5.19. The third-order valence-corrected chi connectivity index (χ3v) is 8.47. The molecule has 2 unspecified atom stereocenters. The Morgan fingerprint density at radius 3 is 2.40 bits per heavy atom. The molecular weight excluding hydrogens is 557 g/mol. The number of carbonyl (C=O) groups excluding carboxylic acids is 2. The summed E-state index contributed by atoms with van der Waals surface area (Å²) in [5.41, 5.74) is -3.48. The van der Waals surface area contributed by atoms with E-state index >= 15 is 0 Å². The fraction of sp³-hybridized carbons (Fsp3) is 0.615. The number of rotatable bonds is 8. The number of nitrogens with one attached hydrogen (secondary N) is 2. The molecular formula is C26H32F5N5O3S. The molecule has 40 heavy (non-hydrogen) atoms. The first-order valence-electron chi connectivity index (χ1n) is 12.9. The van der Waals surface area contributed by atoms with Gasteiger partial charge < -0.3 is 20.6 Å². The Kier molecular flexibility index (Phi) is 7.91. The molecule has 2 amide bonds. The zero-order valence-electron chi connectivity index (χ0n) is 22.7. The Bertz CT molecular complexity index is 1290. The highest BCUT2D eigenvalue weighted by Crippen LogP contribution is 2.43. The van der Waals surface area contributed by atoms with E-state index in [0.717, 1.165) is 30.0 Å². The van der Waals surface area contributed by atoms with Crippen LogP contribution in [0.4, 0.5) is 27.8 Å². The molecule has 0 bridgehead atoms. The van der Waals surface area contributed by atoms with Crippen LogP contribution in [0.25, 0.3) is 10.4 Å². The van der Waals surface area contributed by atoms with Crippen molar-refractivity contribution in [1.29, 1.82) is 0 Å². The van der Waals surface area contributed by atoms with Crippen molar-refractivity contribution in [2.24, 2.45) is 5.92 Å². The molecule has 3 atom stereocenters. The van der Waals surface area contributed by atoms with Crippen LogP contribution in [0.5, 0.6) is 0 Å². The van der Waals surface area contributed by atoms with Gasteiger partial charge in [-0.1, -0.05) is 0 Å². The number of pyridine rings is 1. The zero-order valence-corrected chi connectivity index (χ0v) is 23.5. The van der Waals surface area contributed by atoms with Crippen molar-refractivity contribution >= 4 is 29.0 Å². The Labute approximate surface area is 232 Å². The van der Waals surface area contributed by atoms with Crippen LogP contribution in [-0.2, 0) is 6.18 Å². The number of amides is 2. The van der Waals surface area contributed by atoms with Gasteiger partial charge in [0.05, 0.1) is 28.6 Å². The summed E-state index contributed by atoms with van der Waals surface area (Å²) >= 11 is 0.526. The molecule has 220 valence electrons. The Hall–Kier alpha value is -2.87. The van der Waals surface area contributed by atoms with E-state index in [9.17, 15) is 36.6 Å². The molecule has 0 spiro atoms. The van der Waals surface area contributed by atoms with E-state index in [-0.39, 0.29) is 21.7 Å². The maximum Gasteiger partial charge on any atom is 0.417 e. The van der Waals surface area contributed by atoms with E-state index in [1.165, 1.54) is 27.7 Å². The van der Waals surface area contributed by atoms with Crippen molar-refractivity contribution in [1.82, 2.24) is 20.2 Å². The number of carbonyl (C=O) groups is 2. The van der Waals surface area contributed by atoms with Crippen molar-refractivity contribution in [3.8, 4) is 10.4 Å². The minimum atomic E-state index is -4.87. The van der Waals surface area contributed by atoms with E-state index in [1.807, 2.05) is 6.92 Å². The number of hydrogen-bond donors (Lipinski definition) is 3. The summed E-state index contributed by atoms with van der Waals surface area (Å²) in [6, 6.07) is -0.938. The molecule has 2 aromatic rings. The molecule has 4 rings (SSSR count). The minimum absolute atomic E-state index is 0.00218. The van der Waals surface area contributed by atoms with Gasteiger partial charge in [0.1, 0.15) is 11.5 Å². The molecule has 2 aliphatic rings. The van der Waals surface area contributed by atoms with Gasteiger partial charge in [-0.05, 0) is 59.4 Å². The molecule has 3 N–H and O–H groups in total. The Morgan fingerprint density at radius 1 is 1.23 bits per heavy atom. The second kappa shape index (κ2) is 10.5. The first-order valence-corrected chi connectivity index (χ1v) is 13.8. The summed E-state index contributed by atoms with van der Waals surface area (Å²) in [4.78, 5) is 35.2. The number of thiazole rings is 1. The van der Waals surface area contributed by atoms with Crippen LogP contribution >= 0.6 is 11.3 Å². The van der Waals surface area contributed by atoms with Crippen LogP contribution in [-0.4, -0.2) is 68.0 Å². The lowest BCUT2D eigenvalue weighted by atomic mass is 10.0. The lowest BCUT2D eigenvalue weighted by molar-refractivity contribution is -0.137. The molecule has 1 saturated heterocycles. The molecule has 0 radical (unpaired) electrons. The molecule has 8 nitrogen and oxygen atoms in total. The monoisotopic (exact) mass is 589 g/mol. The average molecular weight is 590 g/mol. The van der Waals surface area contributed by atoms with E-state index in [2.05, 4.69) is 20.6 Å². The lowest BCUT2D eigenvalue weighted by Gasteiger charge is -2.26. The second-order valence-corrected chi connectivity index (χ2v) is 12.3. The van der Waals surface area contributed by atoms with Crippen LogP contribution in [0.15, 0.2) is 12.3 Å². The SMILES string of the molecule is CC(Nc1cc(C(F)(F)F)c(-c2sc(C(=O)NC(C)C(C)(C)O)nc2C(=O)N2CC(F)(F)C[C@@H]2C)cn1)C1CC1. The number of aliphatic hydroxyl groups is 1. The Balaban J connectivity index is 1.79. The molecule has 3 heterocycles. The number of halogens is 5. The smallest absolute Gasteiger partial charge is 0.388 e. The zero-order chi connectivity index (χ0) is 29.8. The van der Waals surface area contributed by atoms with Crippen LogP contribution < -0.4 is 10.6 Å². The highest BCUT2D eigenvalue weighted by atomic mass is 32.1. The molecule has 1 saturated carbocycles. The summed E-state index contributed by atoms with van der Waals surface area (Å²) < 4.78 is 71.1. The third-order valence-electron chi connectivity index (χ3n) is 7.38. The van der Waals surface area contributed by atoms with E-state index < -0.39 is 71.4 Å². The normalized spacial score (nSPS) is 20.8. The third kappa shape index (κ3) is 6.54. The fourth-order valence-corrected chi connectivity index (χ4v) is 5.48. The number of nitrogens with zero attached hydrogens (tertiary/aromatic N) is 3. The second-order valence-electron chi connectivity index (χ2n) is 11.3. The largest absolute Gasteiger partial charge is 0.417 e. The molecule has 2 aromatic heterocycles. The number of aromatic nitrogens is 2. The van der Waals surface area contributed by atoms with Gasteiger partial charge in [0.25, 0.3) is 17.7 Å². The predicted molar refractivity (Wildman–Crippen MR) is 139 cm³/mol. The fourth-order valence-electron chi connectivity index (χ4n) is 4.50. The number of likely N-dealkylation sites (tertiary alicyclic amines) is 1. The highest BCUT2D eigenvalue weighted by molar-refractivity contribution is 7.17.